The highest BCUT2D eigenvalue weighted by atomic mass is 16.6. The van der Waals surface area contributed by atoms with Crippen molar-refractivity contribution < 1.29 is 9.72 Å². The van der Waals surface area contributed by atoms with Crippen molar-refractivity contribution in [2.24, 2.45) is 0 Å². The predicted molar refractivity (Wildman–Crippen MR) is 75.7 cm³/mol. The lowest BCUT2D eigenvalue weighted by molar-refractivity contribution is -0.384. The van der Waals surface area contributed by atoms with E-state index in [1.54, 1.807) is 11.9 Å². The number of carbonyl (C=O) groups excluding carboxylic acids is 1. The van der Waals surface area contributed by atoms with E-state index in [2.05, 4.69) is 5.32 Å². The highest BCUT2D eigenvalue weighted by Crippen LogP contribution is 2.17. The fourth-order valence-corrected chi connectivity index (χ4v) is 2.48. The van der Waals surface area contributed by atoms with Gasteiger partial charge in [0.15, 0.2) is 0 Å². The molecule has 1 saturated heterocycles. The quantitative estimate of drug-likeness (QED) is 0.675. The average molecular weight is 277 g/mol. The Bertz CT molecular complexity index is 479. The largest absolute Gasteiger partial charge is 0.339 e. The maximum Gasteiger partial charge on any atom is 0.269 e. The fourth-order valence-electron chi connectivity index (χ4n) is 2.48. The van der Waals surface area contributed by atoms with E-state index >= 15 is 0 Å². The molecule has 1 heterocycles. The summed E-state index contributed by atoms with van der Waals surface area (Å²) in [6.45, 7) is 1.92. The molecule has 6 nitrogen and oxygen atoms in total. The Morgan fingerprint density at radius 2 is 2.00 bits per heavy atom. The summed E-state index contributed by atoms with van der Waals surface area (Å²) in [5.74, 6) is -0.0770. The van der Waals surface area contributed by atoms with Gasteiger partial charge in [-0.1, -0.05) is 0 Å². The third-order valence-electron chi connectivity index (χ3n) is 3.74. The van der Waals surface area contributed by atoms with Gasteiger partial charge in [0.2, 0.25) is 0 Å². The van der Waals surface area contributed by atoms with E-state index in [1.165, 1.54) is 24.3 Å². The molecule has 1 aliphatic heterocycles. The molecule has 0 bridgehead atoms. The normalized spacial score (nSPS) is 19.1. The maximum absolute atomic E-state index is 12.4. The standard InChI is InChI=1S/C14H19N3O3/c1-16(12-3-2-9-15-10-8-12)14(18)11-4-6-13(7-5-11)17(19)20/h4-7,12,15H,2-3,8-10H2,1H3. The zero-order chi connectivity index (χ0) is 14.5. The highest BCUT2D eigenvalue weighted by molar-refractivity contribution is 5.94. The summed E-state index contributed by atoms with van der Waals surface area (Å²) < 4.78 is 0. The number of nitro groups is 1. The summed E-state index contributed by atoms with van der Waals surface area (Å²) >= 11 is 0. The Hall–Kier alpha value is -1.95. The molecule has 2 rings (SSSR count). The van der Waals surface area contributed by atoms with Crippen LogP contribution in [0.2, 0.25) is 0 Å². The number of carbonyl (C=O) groups is 1. The number of nitro benzene ring substituents is 1. The second-order valence-corrected chi connectivity index (χ2v) is 5.05. The third-order valence-corrected chi connectivity index (χ3v) is 3.74. The summed E-state index contributed by atoms with van der Waals surface area (Å²) in [4.78, 5) is 24.3. The second-order valence-electron chi connectivity index (χ2n) is 5.05. The molecule has 0 aliphatic carbocycles. The van der Waals surface area contributed by atoms with Crippen LogP contribution < -0.4 is 5.32 Å². The number of nitrogens with zero attached hydrogens (tertiary/aromatic N) is 2. The van der Waals surface area contributed by atoms with E-state index in [0.717, 1.165) is 32.4 Å². The maximum atomic E-state index is 12.4. The van der Waals surface area contributed by atoms with Crippen LogP contribution in [0.3, 0.4) is 0 Å². The lowest BCUT2D eigenvalue weighted by Gasteiger charge is -2.27. The van der Waals surface area contributed by atoms with Crippen molar-refractivity contribution in [1.29, 1.82) is 0 Å². The third kappa shape index (κ3) is 3.33. The minimum atomic E-state index is -0.463. The SMILES string of the molecule is CN(C(=O)c1ccc([N+](=O)[O-])cc1)C1CCCNCC1. The summed E-state index contributed by atoms with van der Waals surface area (Å²) in [6.07, 6.45) is 2.99. The van der Waals surface area contributed by atoms with Gasteiger partial charge in [0.1, 0.15) is 0 Å². The van der Waals surface area contributed by atoms with Crippen molar-refractivity contribution in [3.63, 3.8) is 0 Å². The van der Waals surface area contributed by atoms with E-state index in [9.17, 15) is 14.9 Å². The van der Waals surface area contributed by atoms with Crippen molar-refractivity contribution in [3.05, 3.63) is 39.9 Å². The first kappa shape index (κ1) is 14.5. The van der Waals surface area contributed by atoms with Gasteiger partial charge >= 0.3 is 0 Å². The number of hydrogen-bond acceptors (Lipinski definition) is 4. The van der Waals surface area contributed by atoms with Gasteiger partial charge in [-0.05, 0) is 44.5 Å². The smallest absolute Gasteiger partial charge is 0.269 e. The Morgan fingerprint density at radius 3 is 2.65 bits per heavy atom. The van der Waals surface area contributed by atoms with E-state index in [-0.39, 0.29) is 17.6 Å². The molecular formula is C14H19N3O3. The number of amides is 1. The molecule has 1 aliphatic rings. The molecule has 1 atom stereocenters. The van der Waals surface area contributed by atoms with Gasteiger partial charge in [-0.25, -0.2) is 0 Å². The number of nitrogens with one attached hydrogen (secondary N) is 1. The Balaban J connectivity index is 2.07. The summed E-state index contributed by atoms with van der Waals surface area (Å²) in [5, 5.41) is 13.9. The highest BCUT2D eigenvalue weighted by Gasteiger charge is 2.22. The van der Waals surface area contributed by atoms with E-state index in [4.69, 9.17) is 0 Å². The van der Waals surface area contributed by atoms with Gasteiger partial charge in [0.05, 0.1) is 4.92 Å². The van der Waals surface area contributed by atoms with Gasteiger partial charge < -0.3 is 10.2 Å². The van der Waals surface area contributed by atoms with Crippen LogP contribution in [-0.2, 0) is 0 Å². The average Bonchev–Trinajstić information content (AvgIpc) is 2.75. The summed E-state index contributed by atoms with van der Waals surface area (Å²) in [5.41, 5.74) is 0.498. The molecule has 1 aromatic carbocycles. The van der Waals surface area contributed by atoms with Crippen LogP contribution >= 0.6 is 0 Å². The molecule has 108 valence electrons. The summed E-state index contributed by atoms with van der Waals surface area (Å²) in [7, 11) is 1.81. The van der Waals surface area contributed by atoms with Crippen molar-refractivity contribution >= 4 is 11.6 Å². The first-order chi connectivity index (χ1) is 9.59. The van der Waals surface area contributed by atoms with Crippen LogP contribution in [-0.4, -0.2) is 41.9 Å². The van der Waals surface area contributed by atoms with Crippen molar-refractivity contribution in [3.8, 4) is 0 Å². The van der Waals surface area contributed by atoms with Crippen molar-refractivity contribution in [1.82, 2.24) is 10.2 Å². The lowest BCUT2D eigenvalue weighted by Crippen LogP contribution is -2.37. The molecule has 1 unspecified atom stereocenters. The first-order valence-corrected chi connectivity index (χ1v) is 6.82. The molecule has 6 heteroatoms. The zero-order valence-electron chi connectivity index (χ0n) is 11.5. The molecule has 20 heavy (non-hydrogen) atoms. The van der Waals surface area contributed by atoms with Crippen molar-refractivity contribution in [2.75, 3.05) is 20.1 Å². The number of hydrogen-bond donors (Lipinski definition) is 1. The van der Waals surface area contributed by atoms with Crippen LogP contribution in [0.1, 0.15) is 29.6 Å². The number of rotatable bonds is 3. The Morgan fingerprint density at radius 1 is 1.30 bits per heavy atom. The minimum Gasteiger partial charge on any atom is -0.339 e. The molecule has 0 saturated carbocycles. The molecule has 1 aromatic rings. The van der Waals surface area contributed by atoms with Gasteiger partial charge in [0.25, 0.3) is 11.6 Å². The number of non-ortho nitro benzene ring substituents is 1. The Kier molecular flexibility index (Phi) is 4.68. The molecule has 1 amide bonds. The van der Waals surface area contributed by atoms with Crippen LogP contribution in [0.4, 0.5) is 5.69 Å². The molecular weight excluding hydrogens is 258 g/mol. The van der Waals surface area contributed by atoms with Gasteiger partial charge in [0, 0.05) is 30.8 Å². The summed E-state index contributed by atoms with van der Waals surface area (Å²) in [6, 6.07) is 6.01. The van der Waals surface area contributed by atoms with E-state index in [1.807, 2.05) is 0 Å². The minimum absolute atomic E-state index is 0.00266. The molecule has 1 N–H and O–H groups in total. The van der Waals surface area contributed by atoms with E-state index in [0.29, 0.717) is 5.56 Å². The molecule has 0 radical (unpaired) electrons. The monoisotopic (exact) mass is 277 g/mol. The van der Waals surface area contributed by atoms with Gasteiger partial charge in [-0.3, -0.25) is 14.9 Å². The van der Waals surface area contributed by atoms with Gasteiger partial charge in [-0.2, -0.15) is 0 Å². The predicted octanol–water partition coefficient (Wildman–Crippen LogP) is 1.81. The molecule has 0 aromatic heterocycles. The van der Waals surface area contributed by atoms with Crippen LogP contribution in [0, 0.1) is 10.1 Å². The first-order valence-electron chi connectivity index (χ1n) is 6.82. The van der Waals surface area contributed by atoms with E-state index < -0.39 is 4.92 Å². The Labute approximate surface area is 117 Å². The van der Waals surface area contributed by atoms with Crippen LogP contribution in [0.25, 0.3) is 0 Å². The fraction of sp³-hybridized carbons (Fsp3) is 0.500. The zero-order valence-corrected chi connectivity index (χ0v) is 11.5. The molecule has 1 fully saturated rings. The molecule has 0 spiro atoms. The van der Waals surface area contributed by atoms with Crippen LogP contribution in [0.15, 0.2) is 24.3 Å². The van der Waals surface area contributed by atoms with Crippen LogP contribution in [0.5, 0.6) is 0 Å². The van der Waals surface area contributed by atoms with Gasteiger partial charge in [-0.15, -0.1) is 0 Å². The van der Waals surface area contributed by atoms with Crippen molar-refractivity contribution in [2.45, 2.75) is 25.3 Å². The topological polar surface area (TPSA) is 75.5 Å². The lowest BCUT2D eigenvalue weighted by atomic mass is 10.1. The second kappa shape index (κ2) is 6.47. The number of benzene rings is 1.